The van der Waals surface area contributed by atoms with E-state index in [1.54, 1.807) is 24.1 Å². The van der Waals surface area contributed by atoms with Crippen LogP contribution in [-0.2, 0) is 11.3 Å². The molecule has 0 heterocycles. The summed E-state index contributed by atoms with van der Waals surface area (Å²) in [5.74, 6) is -0.413. The van der Waals surface area contributed by atoms with E-state index in [4.69, 9.17) is 9.84 Å². The van der Waals surface area contributed by atoms with E-state index >= 15 is 0 Å². The van der Waals surface area contributed by atoms with Gasteiger partial charge in [-0.15, -0.1) is 0 Å². The second kappa shape index (κ2) is 6.54. The second-order valence-corrected chi connectivity index (χ2v) is 3.90. The summed E-state index contributed by atoms with van der Waals surface area (Å²) in [5, 5.41) is 18.7. The third-order valence-electron chi connectivity index (χ3n) is 2.47. The van der Waals surface area contributed by atoms with Crippen molar-refractivity contribution in [1.29, 1.82) is 0 Å². The minimum Gasteiger partial charge on any atom is -0.392 e. The van der Waals surface area contributed by atoms with Crippen LogP contribution < -0.4 is 4.90 Å². The first kappa shape index (κ1) is 13.9. The van der Waals surface area contributed by atoms with Gasteiger partial charge in [0, 0.05) is 26.3 Å². The number of rotatable bonds is 6. The molecule has 0 saturated heterocycles. The standard InChI is InChI=1S/C12H18FNO3/c1-14(6-10(16)8-17-2)12-9(7-15)4-3-5-11(12)13/h3-5,10,15-16H,6-8H2,1-2H3. The summed E-state index contributed by atoms with van der Waals surface area (Å²) in [7, 11) is 3.15. The fourth-order valence-corrected chi connectivity index (χ4v) is 1.77. The summed E-state index contributed by atoms with van der Waals surface area (Å²) in [4.78, 5) is 1.57. The molecule has 0 aliphatic heterocycles. The van der Waals surface area contributed by atoms with Gasteiger partial charge in [-0.25, -0.2) is 4.39 Å². The Labute approximate surface area is 100 Å². The monoisotopic (exact) mass is 243 g/mol. The molecule has 1 atom stereocenters. The first-order valence-corrected chi connectivity index (χ1v) is 5.36. The number of aliphatic hydroxyl groups is 2. The van der Waals surface area contributed by atoms with E-state index in [9.17, 15) is 9.50 Å². The lowest BCUT2D eigenvalue weighted by molar-refractivity contribution is 0.0694. The zero-order valence-electron chi connectivity index (χ0n) is 10.1. The molecule has 0 spiro atoms. The summed E-state index contributed by atoms with van der Waals surface area (Å²) in [5.41, 5.74) is 0.808. The van der Waals surface area contributed by atoms with E-state index < -0.39 is 11.9 Å². The SMILES string of the molecule is COCC(O)CN(C)c1c(F)cccc1CO. The number of aliphatic hydroxyl groups excluding tert-OH is 2. The van der Waals surface area contributed by atoms with Crippen molar-refractivity contribution >= 4 is 5.69 Å². The lowest BCUT2D eigenvalue weighted by atomic mass is 10.1. The van der Waals surface area contributed by atoms with Gasteiger partial charge in [0.05, 0.1) is 25.0 Å². The Morgan fingerprint density at radius 1 is 1.47 bits per heavy atom. The molecule has 0 radical (unpaired) electrons. The maximum absolute atomic E-state index is 13.7. The van der Waals surface area contributed by atoms with Crippen molar-refractivity contribution in [3.63, 3.8) is 0 Å². The second-order valence-electron chi connectivity index (χ2n) is 3.90. The van der Waals surface area contributed by atoms with Gasteiger partial charge in [0.15, 0.2) is 0 Å². The third-order valence-corrected chi connectivity index (χ3v) is 2.47. The molecule has 0 saturated carbocycles. The molecule has 1 aromatic rings. The molecule has 96 valence electrons. The van der Waals surface area contributed by atoms with E-state index in [1.165, 1.54) is 13.2 Å². The lowest BCUT2D eigenvalue weighted by Crippen LogP contribution is -2.33. The molecule has 0 fully saturated rings. The van der Waals surface area contributed by atoms with Crippen LogP contribution in [-0.4, -0.2) is 43.6 Å². The molecule has 4 nitrogen and oxygen atoms in total. The first-order valence-electron chi connectivity index (χ1n) is 5.36. The summed E-state index contributed by atoms with van der Waals surface area (Å²) >= 11 is 0. The molecular formula is C12H18FNO3. The van der Waals surface area contributed by atoms with Gasteiger partial charge in [-0.05, 0) is 6.07 Å². The smallest absolute Gasteiger partial charge is 0.146 e. The van der Waals surface area contributed by atoms with Crippen LogP contribution in [0.4, 0.5) is 10.1 Å². The Hall–Kier alpha value is -1.17. The Morgan fingerprint density at radius 3 is 2.76 bits per heavy atom. The van der Waals surface area contributed by atoms with E-state index in [-0.39, 0.29) is 19.8 Å². The average Bonchev–Trinajstić information content (AvgIpc) is 2.28. The molecular weight excluding hydrogens is 225 g/mol. The highest BCUT2D eigenvalue weighted by molar-refractivity contribution is 5.54. The van der Waals surface area contributed by atoms with Gasteiger partial charge >= 0.3 is 0 Å². The highest BCUT2D eigenvalue weighted by Crippen LogP contribution is 2.23. The number of methoxy groups -OCH3 is 1. The van der Waals surface area contributed by atoms with Gasteiger partial charge in [-0.2, -0.15) is 0 Å². The van der Waals surface area contributed by atoms with Crippen LogP contribution in [0.15, 0.2) is 18.2 Å². The number of likely N-dealkylation sites (N-methyl/N-ethyl adjacent to an activating group) is 1. The van der Waals surface area contributed by atoms with Crippen LogP contribution in [0.2, 0.25) is 0 Å². The van der Waals surface area contributed by atoms with Crippen molar-refractivity contribution in [2.24, 2.45) is 0 Å². The number of halogens is 1. The van der Waals surface area contributed by atoms with Crippen LogP contribution in [0.1, 0.15) is 5.56 Å². The summed E-state index contributed by atoms with van der Waals surface area (Å²) in [6.45, 7) is 0.187. The average molecular weight is 243 g/mol. The molecule has 0 amide bonds. The fourth-order valence-electron chi connectivity index (χ4n) is 1.77. The van der Waals surface area contributed by atoms with Gasteiger partial charge in [0.25, 0.3) is 0 Å². The zero-order valence-corrected chi connectivity index (χ0v) is 10.1. The van der Waals surface area contributed by atoms with Gasteiger partial charge < -0.3 is 19.8 Å². The molecule has 0 bridgehead atoms. The zero-order chi connectivity index (χ0) is 12.8. The number of para-hydroxylation sites is 1. The van der Waals surface area contributed by atoms with Gasteiger partial charge in [-0.3, -0.25) is 0 Å². The van der Waals surface area contributed by atoms with Crippen LogP contribution in [0, 0.1) is 5.82 Å². The maximum atomic E-state index is 13.7. The van der Waals surface area contributed by atoms with E-state index in [1.807, 2.05) is 0 Å². The quantitative estimate of drug-likeness (QED) is 0.774. The molecule has 2 N–H and O–H groups in total. The Bertz CT molecular complexity index is 360. The lowest BCUT2D eigenvalue weighted by Gasteiger charge is -2.24. The topological polar surface area (TPSA) is 52.9 Å². The van der Waals surface area contributed by atoms with E-state index in [0.717, 1.165) is 0 Å². The first-order chi connectivity index (χ1) is 8.10. The van der Waals surface area contributed by atoms with Gasteiger partial charge in [0.1, 0.15) is 5.82 Å². The highest BCUT2D eigenvalue weighted by Gasteiger charge is 2.15. The number of nitrogens with zero attached hydrogens (tertiary/aromatic N) is 1. The minimum absolute atomic E-state index is 0.188. The van der Waals surface area contributed by atoms with Crippen molar-refractivity contribution in [2.45, 2.75) is 12.7 Å². The van der Waals surface area contributed by atoms with Crippen LogP contribution in [0.5, 0.6) is 0 Å². The molecule has 17 heavy (non-hydrogen) atoms. The number of benzene rings is 1. The number of ether oxygens (including phenoxy) is 1. The number of anilines is 1. The summed E-state index contributed by atoms with van der Waals surface area (Å²) in [6.07, 6.45) is -0.698. The highest BCUT2D eigenvalue weighted by atomic mass is 19.1. The third kappa shape index (κ3) is 3.66. The number of hydrogen-bond donors (Lipinski definition) is 2. The molecule has 1 rings (SSSR count). The van der Waals surface area contributed by atoms with Gasteiger partial charge in [-0.1, -0.05) is 12.1 Å². The fraction of sp³-hybridized carbons (Fsp3) is 0.500. The normalized spacial score (nSPS) is 12.5. The van der Waals surface area contributed by atoms with Crippen molar-refractivity contribution in [2.75, 3.05) is 32.2 Å². The van der Waals surface area contributed by atoms with E-state index in [0.29, 0.717) is 11.3 Å². The largest absolute Gasteiger partial charge is 0.392 e. The Morgan fingerprint density at radius 2 is 2.18 bits per heavy atom. The number of hydrogen-bond acceptors (Lipinski definition) is 4. The Balaban J connectivity index is 2.84. The summed E-state index contributed by atoms with van der Waals surface area (Å²) in [6, 6.07) is 4.52. The van der Waals surface area contributed by atoms with Crippen molar-refractivity contribution < 1.29 is 19.3 Å². The maximum Gasteiger partial charge on any atom is 0.146 e. The molecule has 0 aliphatic carbocycles. The molecule has 5 heteroatoms. The van der Waals surface area contributed by atoms with Crippen LogP contribution >= 0.6 is 0 Å². The van der Waals surface area contributed by atoms with Crippen molar-refractivity contribution in [1.82, 2.24) is 0 Å². The Kier molecular flexibility index (Phi) is 5.34. The van der Waals surface area contributed by atoms with E-state index in [2.05, 4.69) is 0 Å². The minimum atomic E-state index is -0.698. The van der Waals surface area contributed by atoms with Crippen LogP contribution in [0.25, 0.3) is 0 Å². The summed E-state index contributed by atoms with van der Waals surface area (Å²) < 4.78 is 18.5. The predicted molar refractivity (Wildman–Crippen MR) is 63.5 cm³/mol. The molecule has 1 aromatic carbocycles. The predicted octanol–water partition coefficient (Wildman–Crippen LogP) is 0.762. The van der Waals surface area contributed by atoms with Crippen molar-refractivity contribution in [3.8, 4) is 0 Å². The van der Waals surface area contributed by atoms with Gasteiger partial charge in [0.2, 0.25) is 0 Å². The van der Waals surface area contributed by atoms with Crippen LogP contribution in [0.3, 0.4) is 0 Å². The molecule has 1 unspecified atom stereocenters. The molecule has 0 aliphatic rings. The molecule has 0 aromatic heterocycles. The van der Waals surface area contributed by atoms with Crippen molar-refractivity contribution in [3.05, 3.63) is 29.6 Å².